The molecule has 0 aliphatic carbocycles. The van der Waals surface area contributed by atoms with Gasteiger partial charge >= 0.3 is 0 Å². The van der Waals surface area contributed by atoms with Gasteiger partial charge in [-0.1, -0.05) is 108 Å². The monoisotopic (exact) mass is 1110 g/mol. The molecule has 6 aromatic carbocycles. The van der Waals surface area contributed by atoms with Gasteiger partial charge in [0.2, 0.25) is 17.7 Å². The molecule has 0 radical (unpaired) electrons. The van der Waals surface area contributed by atoms with E-state index in [-0.39, 0.29) is 70.6 Å². The van der Waals surface area contributed by atoms with Gasteiger partial charge in [0.1, 0.15) is 34.6 Å². The van der Waals surface area contributed by atoms with Crippen LogP contribution in [0.3, 0.4) is 0 Å². The van der Waals surface area contributed by atoms with Gasteiger partial charge in [-0.05, 0) is 142 Å². The molecule has 3 amide bonds. The minimum Gasteiger partial charge on any atom is -0.497 e. The smallest absolute Gasteiger partial charge is 0.220 e. The zero-order valence-electron chi connectivity index (χ0n) is 44.1. The van der Waals surface area contributed by atoms with Crippen LogP contribution in [-0.2, 0) is 48.0 Å². The standard InChI is InChI=1S/3C21H22ClNO3/c3*1-26-19-8-4-15(5-9-19)20-12-21(25)23-13-16(20)11-18(24)10-14-2-6-17(22)7-3-14/h3*2-9,16,20H,10-13H2,1H3,(H,23,25)/t16-,20?;;/m1../s1. The van der Waals surface area contributed by atoms with Gasteiger partial charge in [-0.3, -0.25) is 28.8 Å². The number of rotatable bonds is 18. The SMILES string of the molecule is COc1ccc(C2CC(=O)NCC2CC(=O)Cc2ccc(Cl)cc2)cc1.COc1ccc(C2CC(=O)NCC2CC(=O)Cc2ccc(Cl)cc2)cc1.COc1ccc(C2CC(=O)NC[C@H]2CC(=O)Cc2ccc(Cl)cc2)cc1. The van der Waals surface area contributed by atoms with Crippen molar-refractivity contribution in [1.29, 1.82) is 0 Å². The van der Waals surface area contributed by atoms with Gasteiger partial charge in [0.25, 0.3) is 0 Å². The van der Waals surface area contributed by atoms with E-state index in [1.54, 1.807) is 57.7 Å². The van der Waals surface area contributed by atoms with Crippen LogP contribution in [0.25, 0.3) is 0 Å². The van der Waals surface area contributed by atoms with Crippen molar-refractivity contribution >= 4 is 69.9 Å². The number of carbonyl (C=O) groups excluding carboxylic acids is 6. The van der Waals surface area contributed by atoms with E-state index < -0.39 is 0 Å². The summed E-state index contributed by atoms with van der Waals surface area (Å²) in [6, 6.07) is 45.3. The lowest BCUT2D eigenvalue weighted by Gasteiger charge is -2.31. The number of ketones is 3. The first-order valence-corrected chi connectivity index (χ1v) is 27.3. The summed E-state index contributed by atoms with van der Waals surface area (Å²) in [6.45, 7) is 1.59. The Kier molecular flexibility index (Phi) is 21.9. The lowest BCUT2D eigenvalue weighted by atomic mass is 9.78. The number of methoxy groups -OCH3 is 3. The molecular formula is C63H66Cl3N3O9. The van der Waals surface area contributed by atoms with Gasteiger partial charge in [-0.2, -0.15) is 0 Å². The zero-order valence-corrected chi connectivity index (χ0v) is 46.4. The summed E-state index contributed by atoms with van der Waals surface area (Å²) in [5.74, 6) is 3.40. The van der Waals surface area contributed by atoms with Crippen molar-refractivity contribution in [2.24, 2.45) is 17.8 Å². The lowest BCUT2D eigenvalue weighted by molar-refractivity contribution is -0.126. The van der Waals surface area contributed by atoms with Crippen LogP contribution >= 0.6 is 34.8 Å². The molecule has 12 nitrogen and oxygen atoms in total. The zero-order chi connectivity index (χ0) is 55.6. The highest BCUT2D eigenvalue weighted by Crippen LogP contribution is 2.37. The topological polar surface area (TPSA) is 166 Å². The number of piperidine rings is 3. The normalized spacial score (nSPS) is 19.7. The van der Waals surface area contributed by atoms with E-state index in [2.05, 4.69) is 16.0 Å². The maximum atomic E-state index is 12.6. The first-order chi connectivity index (χ1) is 37.6. The highest BCUT2D eigenvalue weighted by Gasteiger charge is 2.34. The fraction of sp³-hybridized carbons (Fsp3) is 0.333. The third kappa shape index (κ3) is 17.8. The molecule has 0 bridgehead atoms. The number of hydrogen-bond donors (Lipinski definition) is 3. The molecule has 3 aliphatic rings. The average molecular weight is 1120 g/mol. The van der Waals surface area contributed by atoms with Crippen molar-refractivity contribution in [3.05, 3.63) is 194 Å². The van der Waals surface area contributed by atoms with Crippen molar-refractivity contribution in [2.45, 2.75) is 75.5 Å². The second-order valence-electron chi connectivity index (χ2n) is 20.1. The van der Waals surface area contributed by atoms with E-state index >= 15 is 0 Å². The van der Waals surface area contributed by atoms with Gasteiger partial charge in [0.05, 0.1) is 21.3 Å². The Morgan fingerprint density at radius 3 is 0.833 bits per heavy atom. The Balaban J connectivity index is 0.000000170. The van der Waals surface area contributed by atoms with Crippen LogP contribution in [0, 0.1) is 17.8 Å². The molecule has 15 heteroatoms. The number of hydrogen-bond acceptors (Lipinski definition) is 9. The predicted octanol–water partition coefficient (Wildman–Crippen LogP) is 11.3. The summed E-state index contributed by atoms with van der Waals surface area (Å²) in [4.78, 5) is 73.3. The number of benzene rings is 6. The van der Waals surface area contributed by atoms with Gasteiger partial charge in [-0.15, -0.1) is 0 Å². The maximum absolute atomic E-state index is 12.6. The number of Topliss-reactive ketones (excluding diaryl/α,β-unsaturated/α-hetero) is 3. The summed E-state index contributed by atoms with van der Waals surface area (Å²) < 4.78 is 15.6. The third-order valence-corrected chi connectivity index (χ3v) is 15.4. The quantitative estimate of drug-likeness (QED) is 0.0759. The number of ether oxygens (including phenoxy) is 3. The van der Waals surface area contributed by atoms with E-state index in [0.717, 1.165) is 50.6 Å². The van der Waals surface area contributed by atoms with Gasteiger partial charge in [0.15, 0.2) is 0 Å². The van der Waals surface area contributed by atoms with Crippen LogP contribution in [0.15, 0.2) is 146 Å². The second kappa shape index (κ2) is 29.1. The first-order valence-electron chi connectivity index (χ1n) is 26.2. The molecule has 408 valence electrons. The van der Waals surface area contributed by atoms with Gasteiger partial charge in [-0.25, -0.2) is 0 Å². The van der Waals surface area contributed by atoms with E-state index in [0.29, 0.717) is 92.5 Å². The largest absolute Gasteiger partial charge is 0.497 e. The van der Waals surface area contributed by atoms with Gasteiger partial charge < -0.3 is 30.2 Å². The van der Waals surface area contributed by atoms with Crippen molar-refractivity contribution in [3.63, 3.8) is 0 Å². The van der Waals surface area contributed by atoms with E-state index in [4.69, 9.17) is 49.0 Å². The Bertz CT molecular complexity index is 2630. The van der Waals surface area contributed by atoms with Crippen LogP contribution in [-0.4, -0.2) is 76.0 Å². The molecule has 3 fully saturated rings. The molecule has 5 unspecified atom stereocenters. The Hall–Kier alpha value is -6.99. The summed E-state index contributed by atoms with van der Waals surface area (Å²) in [7, 11) is 4.88. The molecule has 0 spiro atoms. The van der Waals surface area contributed by atoms with Crippen molar-refractivity contribution in [2.75, 3.05) is 41.0 Å². The van der Waals surface area contributed by atoms with Crippen LogP contribution in [0.1, 0.15) is 89.7 Å². The minimum absolute atomic E-state index is 0.0345. The minimum atomic E-state index is 0.0345. The highest BCUT2D eigenvalue weighted by molar-refractivity contribution is 6.31. The molecule has 3 aliphatic heterocycles. The average Bonchev–Trinajstić information content (AvgIpc) is 3.45. The number of carbonyl (C=O) groups is 6. The van der Waals surface area contributed by atoms with Crippen LogP contribution in [0.4, 0.5) is 0 Å². The maximum Gasteiger partial charge on any atom is 0.220 e. The third-order valence-electron chi connectivity index (χ3n) is 14.7. The van der Waals surface area contributed by atoms with Crippen LogP contribution in [0.2, 0.25) is 15.1 Å². The molecule has 78 heavy (non-hydrogen) atoms. The first kappa shape index (κ1) is 58.7. The lowest BCUT2D eigenvalue weighted by Crippen LogP contribution is -2.40. The molecule has 3 saturated heterocycles. The summed E-state index contributed by atoms with van der Waals surface area (Å²) >= 11 is 17.7. The van der Waals surface area contributed by atoms with Crippen LogP contribution in [0.5, 0.6) is 17.2 Å². The Morgan fingerprint density at radius 1 is 0.385 bits per heavy atom. The van der Waals surface area contributed by atoms with Crippen molar-refractivity contribution in [3.8, 4) is 17.2 Å². The molecule has 0 aromatic heterocycles. The molecule has 3 heterocycles. The fourth-order valence-corrected chi connectivity index (χ4v) is 10.8. The molecule has 9 rings (SSSR count). The summed E-state index contributed by atoms with van der Waals surface area (Å²) in [5.41, 5.74) is 6.10. The number of halogens is 3. The van der Waals surface area contributed by atoms with E-state index in [9.17, 15) is 28.8 Å². The summed E-state index contributed by atoms with van der Waals surface area (Å²) in [6.07, 6.45) is 3.71. The van der Waals surface area contributed by atoms with Crippen molar-refractivity contribution in [1.82, 2.24) is 16.0 Å². The molecule has 6 atom stereocenters. The summed E-state index contributed by atoms with van der Waals surface area (Å²) in [5, 5.41) is 10.7. The Morgan fingerprint density at radius 2 is 0.615 bits per heavy atom. The number of amides is 3. The molecule has 3 N–H and O–H groups in total. The van der Waals surface area contributed by atoms with Gasteiger partial charge in [0, 0.05) is 92.5 Å². The fourth-order valence-electron chi connectivity index (χ4n) is 10.4. The molecule has 0 saturated carbocycles. The van der Waals surface area contributed by atoms with E-state index in [1.807, 2.05) is 109 Å². The Labute approximate surface area is 471 Å². The van der Waals surface area contributed by atoms with E-state index in [1.165, 1.54) is 0 Å². The molecular weight excluding hydrogens is 1050 g/mol. The predicted molar refractivity (Wildman–Crippen MR) is 305 cm³/mol. The number of nitrogens with one attached hydrogen (secondary N) is 3. The van der Waals surface area contributed by atoms with Crippen LogP contribution < -0.4 is 30.2 Å². The highest BCUT2D eigenvalue weighted by atomic mass is 35.5. The second-order valence-corrected chi connectivity index (χ2v) is 21.4. The molecule has 6 aromatic rings. The van der Waals surface area contributed by atoms with Crippen molar-refractivity contribution < 1.29 is 43.0 Å².